The van der Waals surface area contributed by atoms with E-state index in [9.17, 15) is 0 Å². The molecule has 1 saturated carbocycles. The Labute approximate surface area is 130 Å². The Morgan fingerprint density at radius 2 is 1.71 bits per heavy atom. The molecule has 1 fully saturated rings. The van der Waals surface area contributed by atoms with E-state index in [1.807, 2.05) is 0 Å². The fourth-order valence-corrected chi connectivity index (χ4v) is 2.60. The standard InChI is InChI=1S/C15H21NO4S/c1-17-11-6-10(7-12(18-2)14(11)19-3)20-9-15(4-5-15)8-13(16)21/h6-7H,4-5,8-9H2,1-3H3,(H2,16,21). The minimum absolute atomic E-state index is 0.103. The Kier molecular flexibility index (Phi) is 4.77. The van der Waals surface area contributed by atoms with E-state index in [2.05, 4.69) is 0 Å². The summed E-state index contributed by atoms with van der Waals surface area (Å²) in [6.45, 7) is 0.586. The Bertz CT molecular complexity index is 503. The van der Waals surface area contributed by atoms with E-state index >= 15 is 0 Å². The number of hydrogen-bond acceptors (Lipinski definition) is 5. The van der Waals surface area contributed by atoms with E-state index in [1.54, 1.807) is 33.5 Å². The highest BCUT2D eigenvalue weighted by atomic mass is 32.1. The van der Waals surface area contributed by atoms with Crippen LogP contribution in [0.15, 0.2) is 12.1 Å². The lowest BCUT2D eigenvalue weighted by atomic mass is 10.0. The lowest BCUT2D eigenvalue weighted by Crippen LogP contribution is -2.21. The van der Waals surface area contributed by atoms with Crippen LogP contribution in [0.3, 0.4) is 0 Å². The van der Waals surface area contributed by atoms with Gasteiger partial charge in [-0.2, -0.15) is 0 Å². The molecule has 0 amide bonds. The van der Waals surface area contributed by atoms with Crippen LogP contribution in [-0.4, -0.2) is 32.9 Å². The number of benzene rings is 1. The maximum atomic E-state index is 5.89. The Morgan fingerprint density at radius 3 is 2.10 bits per heavy atom. The molecular weight excluding hydrogens is 290 g/mol. The van der Waals surface area contributed by atoms with Crippen LogP contribution in [0.2, 0.25) is 0 Å². The topological polar surface area (TPSA) is 62.9 Å². The van der Waals surface area contributed by atoms with Crippen molar-refractivity contribution in [2.24, 2.45) is 11.1 Å². The molecule has 0 aliphatic heterocycles. The zero-order valence-electron chi connectivity index (χ0n) is 12.6. The van der Waals surface area contributed by atoms with E-state index in [1.165, 1.54) is 0 Å². The van der Waals surface area contributed by atoms with Gasteiger partial charge in [-0.05, 0) is 12.8 Å². The van der Waals surface area contributed by atoms with Crippen LogP contribution in [0.5, 0.6) is 23.0 Å². The highest BCUT2D eigenvalue weighted by Gasteiger charge is 2.43. The summed E-state index contributed by atoms with van der Waals surface area (Å²) < 4.78 is 21.8. The summed E-state index contributed by atoms with van der Waals surface area (Å²) in [5.74, 6) is 2.38. The molecule has 0 spiro atoms. The number of thiocarbonyl (C=S) groups is 1. The Morgan fingerprint density at radius 1 is 1.14 bits per heavy atom. The molecule has 2 rings (SSSR count). The van der Waals surface area contributed by atoms with Crippen molar-refractivity contribution < 1.29 is 18.9 Å². The van der Waals surface area contributed by atoms with Gasteiger partial charge in [-0.25, -0.2) is 0 Å². The first-order chi connectivity index (χ1) is 10.0. The summed E-state index contributed by atoms with van der Waals surface area (Å²) in [7, 11) is 4.73. The highest BCUT2D eigenvalue weighted by Crippen LogP contribution is 2.49. The van der Waals surface area contributed by atoms with Gasteiger partial charge in [0.25, 0.3) is 0 Å². The van der Waals surface area contributed by atoms with Gasteiger partial charge in [0, 0.05) is 24.0 Å². The second-order valence-corrected chi connectivity index (χ2v) is 5.82. The van der Waals surface area contributed by atoms with Gasteiger partial charge < -0.3 is 24.7 Å². The molecule has 1 aliphatic rings. The molecule has 116 valence electrons. The minimum atomic E-state index is 0.103. The van der Waals surface area contributed by atoms with Crippen LogP contribution < -0.4 is 24.7 Å². The first-order valence-electron chi connectivity index (χ1n) is 6.75. The summed E-state index contributed by atoms with van der Waals surface area (Å²) in [6, 6.07) is 3.58. The van der Waals surface area contributed by atoms with Crippen molar-refractivity contribution in [3.63, 3.8) is 0 Å². The van der Waals surface area contributed by atoms with Crippen molar-refractivity contribution >= 4 is 17.2 Å². The van der Waals surface area contributed by atoms with E-state index < -0.39 is 0 Å². The van der Waals surface area contributed by atoms with Crippen molar-refractivity contribution in [2.45, 2.75) is 19.3 Å². The van der Waals surface area contributed by atoms with Gasteiger partial charge in [0.15, 0.2) is 11.5 Å². The van der Waals surface area contributed by atoms with Gasteiger partial charge in [0.1, 0.15) is 5.75 Å². The average molecular weight is 311 g/mol. The normalized spacial score (nSPS) is 15.2. The lowest BCUT2D eigenvalue weighted by Gasteiger charge is -2.18. The summed E-state index contributed by atoms with van der Waals surface area (Å²) >= 11 is 4.99. The van der Waals surface area contributed by atoms with Crippen LogP contribution in [0, 0.1) is 5.41 Å². The molecule has 1 aliphatic carbocycles. The van der Waals surface area contributed by atoms with Crippen LogP contribution in [0.25, 0.3) is 0 Å². The largest absolute Gasteiger partial charge is 0.493 e. The van der Waals surface area contributed by atoms with Crippen LogP contribution >= 0.6 is 12.2 Å². The van der Waals surface area contributed by atoms with E-state index in [0.29, 0.717) is 34.6 Å². The van der Waals surface area contributed by atoms with Crippen LogP contribution in [0.1, 0.15) is 19.3 Å². The fourth-order valence-electron chi connectivity index (χ4n) is 2.30. The third kappa shape index (κ3) is 3.69. The predicted octanol–water partition coefficient (Wildman–Crippen LogP) is 2.55. The molecule has 5 nitrogen and oxygen atoms in total. The second-order valence-electron chi connectivity index (χ2n) is 5.29. The summed E-state index contributed by atoms with van der Waals surface area (Å²) in [5.41, 5.74) is 5.74. The highest BCUT2D eigenvalue weighted by molar-refractivity contribution is 7.80. The molecule has 21 heavy (non-hydrogen) atoms. The molecule has 1 aromatic carbocycles. The number of hydrogen-bond donors (Lipinski definition) is 1. The Hall–Kier alpha value is -1.69. The molecule has 0 heterocycles. The molecule has 1 aromatic rings. The number of ether oxygens (including phenoxy) is 4. The average Bonchev–Trinajstić information content (AvgIpc) is 3.22. The molecule has 0 aromatic heterocycles. The Balaban J connectivity index is 2.12. The van der Waals surface area contributed by atoms with Crippen LogP contribution in [-0.2, 0) is 0 Å². The van der Waals surface area contributed by atoms with Gasteiger partial charge in [-0.15, -0.1) is 0 Å². The SMILES string of the molecule is COc1cc(OCC2(CC(N)=S)CC2)cc(OC)c1OC. The van der Waals surface area contributed by atoms with Crippen molar-refractivity contribution in [2.75, 3.05) is 27.9 Å². The zero-order valence-corrected chi connectivity index (χ0v) is 13.4. The lowest BCUT2D eigenvalue weighted by molar-refractivity contribution is 0.235. The van der Waals surface area contributed by atoms with Gasteiger partial charge in [-0.3, -0.25) is 0 Å². The third-order valence-electron chi connectivity index (χ3n) is 3.69. The monoisotopic (exact) mass is 311 g/mol. The van der Waals surface area contributed by atoms with E-state index in [0.717, 1.165) is 19.3 Å². The maximum absolute atomic E-state index is 5.89. The summed E-state index contributed by atoms with van der Waals surface area (Å²) in [4.78, 5) is 0.543. The molecule has 0 atom stereocenters. The molecule has 0 radical (unpaired) electrons. The zero-order chi connectivity index (χ0) is 15.5. The number of rotatable bonds is 8. The van der Waals surface area contributed by atoms with E-state index in [4.69, 9.17) is 36.9 Å². The van der Waals surface area contributed by atoms with Gasteiger partial charge >= 0.3 is 0 Å². The second kappa shape index (κ2) is 6.39. The quantitative estimate of drug-likeness (QED) is 0.744. The fraction of sp³-hybridized carbons (Fsp3) is 0.533. The first kappa shape index (κ1) is 15.7. The predicted molar refractivity (Wildman–Crippen MR) is 84.7 cm³/mol. The molecule has 0 saturated heterocycles. The maximum Gasteiger partial charge on any atom is 0.203 e. The van der Waals surface area contributed by atoms with Gasteiger partial charge in [0.2, 0.25) is 5.75 Å². The van der Waals surface area contributed by atoms with Crippen molar-refractivity contribution in [3.05, 3.63) is 12.1 Å². The van der Waals surface area contributed by atoms with Crippen molar-refractivity contribution in [1.29, 1.82) is 0 Å². The van der Waals surface area contributed by atoms with E-state index in [-0.39, 0.29) is 5.41 Å². The smallest absolute Gasteiger partial charge is 0.203 e. The molecule has 0 bridgehead atoms. The molecule has 6 heteroatoms. The van der Waals surface area contributed by atoms with Crippen molar-refractivity contribution in [3.8, 4) is 23.0 Å². The van der Waals surface area contributed by atoms with Crippen LogP contribution in [0.4, 0.5) is 0 Å². The van der Waals surface area contributed by atoms with Gasteiger partial charge in [-0.1, -0.05) is 12.2 Å². The number of methoxy groups -OCH3 is 3. The number of nitrogens with two attached hydrogens (primary N) is 1. The molecular formula is C15H21NO4S. The van der Waals surface area contributed by atoms with Gasteiger partial charge in [0.05, 0.1) is 32.9 Å². The molecule has 0 unspecified atom stereocenters. The van der Waals surface area contributed by atoms with Crippen molar-refractivity contribution in [1.82, 2.24) is 0 Å². The first-order valence-corrected chi connectivity index (χ1v) is 7.15. The third-order valence-corrected chi connectivity index (χ3v) is 3.83. The molecule has 2 N–H and O–H groups in total. The summed E-state index contributed by atoms with van der Waals surface area (Å²) in [5, 5.41) is 0. The minimum Gasteiger partial charge on any atom is -0.493 e. The summed E-state index contributed by atoms with van der Waals surface area (Å²) in [6.07, 6.45) is 2.91.